The molecule has 3 atom stereocenters. The van der Waals surface area contributed by atoms with Crippen LogP contribution in [0.3, 0.4) is 0 Å². The van der Waals surface area contributed by atoms with Gasteiger partial charge in [0.1, 0.15) is 12.6 Å². The maximum atomic E-state index is 12.7. The van der Waals surface area contributed by atoms with Gasteiger partial charge in [0, 0.05) is 13.0 Å². The van der Waals surface area contributed by atoms with Crippen molar-refractivity contribution in [3.8, 4) is 11.1 Å². The summed E-state index contributed by atoms with van der Waals surface area (Å²) in [6.45, 7) is 1.95. The number of carboxylic acids is 1. The predicted octanol–water partition coefficient (Wildman–Crippen LogP) is 3.79. The van der Waals surface area contributed by atoms with Crippen LogP contribution in [0.25, 0.3) is 11.1 Å². The molecule has 0 aromatic heterocycles. The number of nitrogens with zero attached hydrogens (tertiary/aromatic N) is 1. The van der Waals surface area contributed by atoms with E-state index in [4.69, 9.17) is 4.74 Å². The Balaban J connectivity index is 1.32. The van der Waals surface area contributed by atoms with E-state index in [1.165, 1.54) is 11.9 Å². The van der Waals surface area contributed by atoms with Gasteiger partial charge in [0.15, 0.2) is 0 Å². The first-order valence-electron chi connectivity index (χ1n) is 11.2. The molecule has 2 N–H and O–H groups in total. The third-order valence-electron chi connectivity index (χ3n) is 6.53. The van der Waals surface area contributed by atoms with Gasteiger partial charge in [-0.05, 0) is 35.1 Å². The van der Waals surface area contributed by atoms with Crippen molar-refractivity contribution in [2.24, 2.45) is 5.92 Å². The molecule has 2 aliphatic rings. The van der Waals surface area contributed by atoms with Gasteiger partial charge in [0.2, 0.25) is 5.91 Å². The summed E-state index contributed by atoms with van der Waals surface area (Å²) < 4.78 is 5.57. The Bertz CT molecular complexity index is 1050. The molecule has 0 fully saturated rings. The highest BCUT2D eigenvalue weighted by molar-refractivity contribution is 5.86. The van der Waals surface area contributed by atoms with E-state index < -0.39 is 24.0 Å². The quantitative estimate of drug-likeness (QED) is 0.629. The minimum Gasteiger partial charge on any atom is -0.480 e. The van der Waals surface area contributed by atoms with Gasteiger partial charge >= 0.3 is 12.1 Å². The van der Waals surface area contributed by atoms with Crippen LogP contribution in [-0.4, -0.2) is 53.7 Å². The summed E-state index contributed by atoms with van der Waals surface area (Å²) in [4.78, 5) is 37.8. The zero-order chi connectivity index (χ0) is 23.5. The number of fused-ring (bicyclic) bond motifs is 3. The normalized spacial score (nSPS) is 19.5. The molecule has 2 amide bonds. The number of alkyl carbamates (subject to hydrolysis) is 1. The molecule has 2 aromatic rings. The van der Waals surface area contributed by atoms with Gasteiger partial charge in [0.05, 0.1) is 12.0 Å². The van der Waals surface area contributed by atoms with E-state index in [0.717, 1.165) is 22.3 Å². The second-order valence-corrected chi connectivity index (χ2v) is 8.51. The molecule has 2 aromatic carbocycles. The molecule has 0 aliphatic heterocycles. The van der Waals surface area contributed by atoms with Gasteiger partial charge in [-0.2, -0.15) is 0 Å². The minimum absolute atomic E-state index is 0.0211. The highest BCUT2D eigenvalue weighted by Gasteiger charge is 2.33. The second-order valence-electron chi connectivity index (χ2n) is 8.51. The number of carbonyl (C=O) groups excluding carboxylic acids is 2. The Morgan fingerprint density at radius 2 is 1.67 bits per heavy atom. The van der Waals surface area contributed by atoms with Crippen LogP contribution >= 0.6 is 0 Å². The zero-order valence-electron chi connectivity index (χ0n) is 18.7. The summed E-state index contributed by atoms with van der Waals surface area (Å²) in [5.74, 6) is -1.78. The molecule has 0 spiro atoms. The predicted molar refractivity (Wildman–Crippen MR) is 124 cm³/mol. The van der Waals surface area contributed by atoms with E-state index in [0.29, 0.717) is 12.8 Å². The molecule has 172 valence electrons. The maximum absolute atomic E-state index is 12.7. The number of hydrogen-bond acceptors (Lipinski definition) is 4. The summed E-state index contributed by atoms with van der Waals surface area (Å²) in [5, 5.41) is 12.1. The Morgan fingerprint density at radius 1 is 1.06 bits per heavy atom. The first-order valence-corrected chi connectivity index (χ1v) is 11.2. The summed E-state index contributed by atoms with van der Waals surface area (Å²) in [5.41, 5.74) is 4.62. The van der Waals surface area contributed by atoms with E-state index in [2.05, 4.69) is 29.6 Å². The first kappa shape index (κ1) is 22.6. The van der Waals surface area contributed by atoms with Crippen molar-refractivity contribution in [3.05, 3.63) is 71.8 Å². The van der Waals surface area contributed by atoms with Gasteiger partial charge in [-0.1, -0.05) is 67.6 Å². The molecule has 7 heteroatoms. The SMILES string of the molecule is CCC(C(=O)O)N(C)C(=O)C1C=CC(NC(=O)OCC2c3ccccc3-c3ccccc32)C1. The highest BCUT2D eigenvalue weighted by atomic mass is 16.5. The number of nitrogens with one attached hydrogen (secondary N) is 1. The van der Waals surface area contributed by atoms with E-state index in [9.17, 15) is 19.5 Å². The summed E-state index contributed by atoms with van der Waals surface area (Å²) >= 11 is 0. The molecular weight excluding hydrogens is 420 g/mol. The van der Waals surface area contributed by atoms with E-state index in [-0.39, 0.29) is 24.5 Å². The smallest absolute Gasteiger partial charge is 0.407 e. The Morgan fingerprint density at radius 3 is 2.24 bits per heavy atom. The first-order chi connectivity index (χ1) is 15.9. The van der Waals surface area contributed by atoms with Gasteiger partial charge in [-0.15, -0.1) is 0 Å². The van der Waals surface area contributed by atoms with Gasteiger partial charge < -0.3 is 20.1 Å². The Kier molecular flexibility index (Phi) is 6.49. The van der Waals surface area contributed by atoms with Crippen molar-refractivity contribution in [1.29, 1.82) is 0 Å². The zero-order valence-corrected chi connectivity index (χ0v) is 18.7. The van der Waals surface area contributed by atoms with Crippen LogP contribution in [-0.2, 0) is 14.3 Å². The highest BCUT2D eigenvalue weighted by Crippen LogP contribution is 2.44. The topological polar surface area (TPSA) is 95.9 Å². The second kappa shape index (κ2) is 9.48. The fourth-order valence-corrected chi connectivity index (χ4v) is 4.81. The number of benzene rings is 2. The maximum Gasteiger partial charge on any atom is 0.407 e. The van der Waals surface area contributed by atoms with Crippen LogP contribution in [0.2, 0.25) is 0 Å². The lowest BCUT2D eigenvalue weighted by molar-refractivity contribution is -0.150. The van der Waals surface area contributed by atoms with Gasteiger partial charge in [0.25, 0.3) is 0 Å². The van der Waals surface area contributed by atoms with Crippen molar-refractivity contribution in [2.75, 3.05) is 13.7 Å². The van der Waals surface area contributed by atoms with Crippen LogP contribution in [0.4, 0.5) is 4.79 Å². The van der Waals surface area contributed by atoms with Crippen LogP contribution < -0.4 is 5.32 Å². The van der Waals surface area contributed by atoms with Crippen LogP contribution in [0.5, 0.6) is 0 Å². The van der Waals surface area contributed by atoms with Crippen molar-refractivity contribution < 1.29 is 24.2 Å². The number of aliphatic carboxylic acids is 1. The van der Waals surface area contributed by atoms with Crippen LogP contribution in [0.1, 0.15) is 36.8 Å². The number of rotatable bonds is 7. The number of carboxylic acid groups (broad SMARTS) is 1. The molecule has 0 bridgehead atoms. The molecule has 0 radical (unpaired) electrons. The Hall–Kier alpha value is -3.61. The fourth-order valence-electron chi connectivity index (χ4n) is 4.81. The average molecular weight is 449 g/mol. The average Bonchev–Trinajstić information content (AvgIpc) is 3.40. The van der Waals surface area contributed by atoms with Crippen molar-refractivity contribution in [1.82, 2.24) is 10.2 Å². The molecule has 7 nitrogen and oxygen atoms in total. The van der Waals surface area contributed by atoms with Crippen molar-refractivity contribution in [2.45, 2.75) is 37.8 Å². The van der Waals surface area contributed by atoms with E-state index >= 15 is 0 Å². The van der Waals surface area contributed by atoms with E-state index in [1.54, 1.807) is 19.1 Å². The largest absolute Gasteiger partial charge is 0.480 e. The van der Waals surface area contributed by atoms with Crippen molar-refractivity contribution >= 4 is 18.0 Å². The lowest BCUT2D eigenvalue weighted by Crippen LogP contribution is -2.44. The number of amides is 2. The molecule has 2 aliphatic carbocycles. The monoisotopic (exact) mass is 448 g/mol. The third-order valence-corrected chi connectivity index (χ3v) is 6.53. The Labute approximate surface area is 193 Å². The van der Waals surface area contributed by atoms with Gasteiger partial charge in [-0.3, -0.25) is 4.79 Å². The third kappa shape index (κ3) is 4.49. The van der Waals surface area contributed by atoms with Crippen molar-refractivity contribution in [3.63, 3.8) is 0 Å². The number of ether oxygens (including phenoxy) is 1. The number of likely N-dealkylation sites (N-methyl/N-ethyl adjacent to an activating group) is 1. The van der Waals surface area contributed by atoms with Crippen LogP contribution in [0.15, 0.2) is 60.7 Å². The lowest BCUT2D eigenvalue weighted by Gasteiger charge is -2.26. The minimum atomic E-state index is -1.02. The van der Waals surface area contributed by atoms with E-state index in [1.807, 2.05) is 24.3 Å². The molecule has 0 saturated heterocycles. The molecule has 4 rings (SSSR count). The standard InChI is InChI=1S/C26H28N2O5/c1-3-23(25(30)31)28(2)24(29)16-12-13-17(14-16)27-26(32)33-15-22-20-10-6-4-8-18(20)19-9-5-7-11-21(19)22/h4-13,16-17,22-23H,3,14-15H2,1-2H3,(H,27,32)(H,30,31). The molecule has 0 heterocycles. The molecular formula is C26H28N2O5. The fraction of sp³-hybridized carbons (Fsp3) is 0.346. The summed E-state index contributed by atoms with van der Waals surface area (Å²) in [6.07, 6.45) is 3.66. The molecule has 0 saturated carbocycles. The summed E-state index contributed by atoms with van der Waals surface area (Å²) in [6, 6.07) is 15.1. The number of carbonyl (C=O) groups is 3. The molecule has 33 heavy (non-hydrogen) atoms. The van der Waals surface area contributed by atoms with Crippen LogP contribution in [0, 0.1) is 5.92 Å². The summed E-state index contributed by atoms with van der Waals surface area (Å²) in [7, 11) is 1.50. The number of hydrogen-bond donors (Lipinski definition) is 2. The molecule has 3 unspecified atom stereocenters. The lowest BCUT2D eigenvalue weighted by atomic mass is 9.98. The van der Waals surface area contributed by atoms with Gasteiger partial charge in [-0.25, -0.2) is 9.59 Å².